The second-order valence-corrected chi connectivity index (χ2v) is 7.63. The number of benzene rings is 1. The van der Waals surface area contributed by atoms with Gasteiger partial charge in [0.25, 0.3) is 5.91 Å². The molecule has 0 unspecified atom stereocenters. The Morgan fingerprint density at radius 1 is 1.30 bits per heavy atom. The van der Waals surface area contributed by atoms with Crippen LogP contribution in [-0.4, -0.2) is 29.9 Å². The van der Waals surface area contributed by atoms with Gasteiger partial charge >= 0.3 is 0 Å². The summed E-state index contributed by atoms with van der Waals surface area (Å²) in [4.78, 5) is 16.3. The number of fused-ring (bicyclic) bond motifs is 1. The van der Waals surface area contributed by atoms with Crippen LogP contribution in [-0.2, 0) is 11.2 Å². The molecule has 0 saturated heterocycles. The van der Waals surface area contributed by atoms with E-state index in [1.807, 2.05) is 11.3 Å². The van der Waals surface area contributed by atoms with Crippen molar-refractivity contribution in [3.8, 4) is 0 Å². The SMILES string of the molecule is Cc1ccc([C@@H]2c3ccsc3CCN2C(=O)C[NH2+]C(C)C)cc1. The van der Waals surface area contributed by atoms with Gasteiger partial charge < -0.3 is 10.2 Å². The summed E-state index contributed by atoms with van der Waals surface area (Å²) in [6.45, 7) is 7.69. The minimum Gasteiger partial charge on any atom is -0.336 e. The Balaban J connectivity index is 1.92. The molecule has 0 spiro atoms. The van der Waals surface area contributed by atoms with Gasteiger partial charge in [-0.25, -0.2) is 0 Å². The Hall–Kier alpha value is -1.65. The van der Waals surface area contributed by atoms with E-state index in [4.69, 9.17) is 0 Å². The van der Waals surface area contributed by atoms with Gasteiger partial charge in [0.05, 0.1) is 12.1 Å². The molecular weight excluding hydrogens is 304 g/mol. The van der Waals surface area contributed by atoms with Crippen molar-refractivity contribution < 1.29 is 10.1 Å². The van der Waals surface area contributed by atoms with Gasteiger partial charge in [0.1, 0.15) is 0 Å². The van der Waals surface area contributed by atoms with Gasteiger partial charge in [0, 0.05) is 11.4 Å². The maximum absolute atomic E-state index is 12.8. The van der Waals surface area contributed by atoms with Crippen LogP contribution in [0.4, 0.5) is 0 Å². The maximum atomic E-state index is 12.8. The van der Waals surface area contributed by atoms with Crippen LogP contribution in [0.1, 0.15) is 41.5 Å². The average Bonchev–Trinajstić information content (AvgIpc) is 3.01. The lowest BCUT2D eigenvalue weighted by Crippen LogP contribution is -2.90. The van der Waals surface area contributed by atoms with E-state index in [0.717, 1.165) is 13.0 Å². The first-order valence-corrected chi connectivity index (χ1v) is 9.20. The summed E-state index contributed by atoms with van der Waals surface area (Å²) in [6, 6.07) is 11.3. The number of nitrogens with zero attached hydrogens (tertiary/aromatic N) is 1. The third kappa shape index (κ3) is 3.48. The van der Waals surface area contributed by atoms with Gasteiger partial charge in [-0.2, -0.15) is 0 Å². The number of hydrogen-bond acceptors (Lipinski definition) is 2. The van der Waals surface area contributed by atoms with E-state index in [1.165, 1.54) is 21.6 Å². The molecule has 1 aliphatic heterocycles. The molecule has 4 heteroatoms. The van der Waals surface area contributed by atoms with Crippen LogP contribution in [0.5, 0.6) is 0 Å². The molecule has 2 aromatic rings. The Morgan fingerprint density at radius 3 is 2.74 bits per heavy atom. The molecule has 2 heterocycles. The van der Waals surface area contributed by atoms with Crippen molar-refractivity contribution in [3.63, 3.8) is 0 Å². The average molecular weight is 329 g/mol. The first-order chi connectivity index (χ1) is 11.1. The second kappa shape index (κ2) is 6.85. The summed E-state index contributed by atoms with van der Waals surface area (Å²) in [6.07, 6.45) is 0.975. The summed E-state index contributed by atoms with van der Waals surface area (Å²) in [5.41, 5.74) is 3.77. The Labute approximate surface area is 142 Å². The first kappa shape index (κ1) is 16.2. The normalized spacial score (nSPS) is 17.4. The zero-order valence-corrected chi connectivity index (χ0v) is 14.9. The molecule has 1 aromatic heterocycles. The lowest BCUT2D eigenvalue weighted by Gasteiger charge is -2.36. The molecule has 0 saturated carbocycles. The number of thiophene rings is 1. The molecule has 3 nitrogen and oxygen atoms in total. The molecule has 1 atom stereocenters. The van der Waals surface area contributed by atoms with Gasteiger partial charge in [0.15, 0.2) is 6.54 Å². The molecule has 23 heavy (non-hydrogen) atoms. The van der Waals surface area contributed by atoms with Crippen LogP contribution < -0.4 is 5.32 Å². The first-order valence-electron chi connectivity index (χ1n) is 8.32. The molecule has 0 radical (unpaired) electrons. The quantitative estimate of drug-likeness (QED) is 0.919. The number of rotatable bonds is 4. The predicted octanol–water partition coefficient (Wildman–Crippen LogP) is 2.50. The van der Waals surface area contributed by atoms with Crippen LogP contribution in [0, 0.1) is 6.92 Å². The van der Waals surface area contributed by atoms with E-state index in [9.17, 15) is 4.79 Å². The van der Waals surface area contributed by atoms with Crippen molar-refractivity contribution in [1.29, 1.82) is 0 Å². The third-order valence-corrected chi connectivity index (χ3v) is 5.44. The molecule has 122 valence electrons. The van der Waals surface area contributed by atoms with E-state index in [-0.39, 0.29) is 11.9 Å². The molecular formula is C19H25N2OS+. The number of quaternary nitrogens is 1. The molecule has 0 bridgehead atoms. The van der Waals surface area contributed by atoms with Gasteiger partial charge in [-0.3, -0.25) is 4.79 Å². The summed E-state index contributed by atoms with van der Waals surface area (Å²) >= 11 is 1.81. The van der Waals surface area contributed by atoms with Crippen molar-refractivity contribution in [1.82, 2.24) is 4.90 Å². The molecule has 3 rings (SSSR count). The molecule has 1 amide bonds. The van der Waals surface area contributed by atoms with Gasteiger partial charge in [0.2, 0.25) is 0 Å². The lowest BCUT2D eigenvalue weighted by atomic mass is 9.92. The van der Waals surface area contributed by atoms with Crippen molar-refractivity contribution in [2.45, 2.75) is 39.3 Å². The molecule has 0 aliphatic carbocycles. The zero-order chi connectivity index (χ0) is 16.4. The second-order valence-electron chi connectivity index (χ2n) is 6.63. The topological polar surface area (TPSA) is 36.9 Å². The molecule has 1 aromatic carbocycles. The van der Waals surface area contributed by atoms with E-state index in [2.05, 4.69) is 66.7 Å². The van der Waals surface area contributed by atoms with Crippen molar-refractivity contribution in [2.24, 2.45) is 0 Å². The summed E-state index contributed by atoms with van der Waals surface area (Å²) in [5, 5.41) is 4.26. The van der Waals surface area contributed by atoms with Gasteiger partial charge in [-0.05, 0) is 49.8 Å². The lowest BCUT2D eigenvalue weighted by molar-refractivity contribution is -0.673. The van der Waals surface area contributed by atoms with Crippen LogP contribution >= 0.6 is 11.3 Å². The summed E-state index contributed by atoms with van der Waals surface area (Å²) < 4.78 is 0. The molecule has 2 N–H and O–H groups in total. The zero-order valence-electron chi connectivity index (χ0n) is 14.1. The minimum atomic E-state index is 0.0682. The monoisotopic (exact) mass is 329 g/mol. The third-order valence-electron chi connectivity index (χ3n) is 4.44. The fourth-order valence-electron chi connectivity index (χ4n) is 3.15. The van der Waals surface area contributed by atoms with E-state index >= 15 is 0 Å². The molecule has 0 fully saturated rings. The van der Waals surface area contributed by atoms with Crippen LogP contribution in [0.2, 0.25) is 0 Å². The number of hydrogen-bond donors (Lipinski definition) is 1. The Morgan fingerprint density at radius 2 is 2.04 bits per heavy atom. The number of aryl methyl sites for hydroxylation is 1. The van der Waals surface area contributed by atoms with Gasteiger partial charge in [-0.1, -0.05) is 29.8 Å². The van der Waals surface area contributed by atoms with E-state index in [0.29, 0.717) is 12.6 Å². The minimum absolute atomic E-state index is 0.0682. The highest BCUT2D eigenvalue weighted by Crippen LogP contribution is 2.37. The van der Waals surface area contributed by atoms with Crippen molar-refractivity contribution in [2.75, 3.05) is 13.1 Å². The fraction of sp³-hybridized carbons (Fsp3) is 0.421. The van der Waals surface area contributed by atoms with E-state index < -0.39 is 0 Å². The van der Waals surface area contributed by atoms with E-state index in [1.54, 1.807) is 0 Å². The van der Waals surface area contributed by atoms with Crippen LogP contribution in [0.3, 0.4) is 0 Å². The van der Waals surface area contributed by atoms with Crippen molar-refractivity contribution in [3.05, 3.63) is 57.3 Å². The van der Waals surface area contributed by atoms with Gasteiger partial charge in [-0.15, -0.1) is 11.3 Å². The number of carbonyl (C=O) groups is 1. The predicted molar refractivity (Wildman–Crippen MR) is 94.7 cm³/mol. The standard InChI is InChI=1S/C19H24N2OS/c1-13(2)20-12-18(22)21-10-8-17-16(9-11-23-17)19(21)15-6-4-14(3)5-7-15/h4-7,9,11,13,19-20H,8,10,12H2,1-3H3/p+1/t19-/m1/s1. The number of carbonyl (C=O) groups excluding carboxylic acids is 1. The highest BCUT2D eigenvalue weighted by Gasteiger charge is 2.33. The molecule has 1 aliphatic rings. The number of nitrogens with two attached hydrogens (primary N) is 1. The Kier molecular flexibility index (Phi) is 4.83. The highest BCUT2D eigenvalue weighted by atomic mass is 32.1. The van der Waals surface area contributed by atoms with Crippen LogP contribution in [0.25, 0.3) is 0 Å². The Bertz CT molecular complexity index is 675. The fourth-order valence-corrected chi connectivity index (χ4v) is 4.05. The maximum Gasteiger partial charge on any atom is 0.278 e. The summed E-state index contributed by atoms with van der Waals surface area (Å²) in [5.74, 6) is 0.237. The van der Waals surface area contributed by atoms with Crippen LogP contribution in [0.15, 0.2) is 35.7 Å². The highest BCUT2D eigenvalue weighted by molar-refractivity contribution is 7.10. The number of amides is 1. The summed E-state index contributed by atoms with van der Waals surface area (Å²) in [7, 11) is 0. The van der Waals surface area contributed by atoms with Crippen molar-refractivity contribution >= 4 is 17.2 Å². The largest absolute Gasteiger partial charge is 0.336 e. The smallest absolute Gasteiger partial charge is 0.278 e.